The van der Waals surface area contributed by atoms with E-state index in [2.05, 4.69) is 20.5 Å². The maximum atomic E-state index is 15.1. The zero-order valence-electron chi connectivity index (χ0n) is 18.1. The van der Waals surface area contributed by atoms with Crippen molar-refractivity contribution in [2.75, 3.05) is 17.7 Å². The van der Waals surface area contributed by atoms with Gasteiger partial charge in [-0.1, -0.05) is 11.6 Å². The number of carbonyl (C=O) groups is 1. The van der Waals surface area contributed by atoms with Crippen LogP contribution in [0.4, 0.5) is 40.3 Å². The van der Waals surface area contributed by atoms with Gasteiger partial charge in [-0.2, -0.15) is 13.2 Å². The van der Waals surface area contributed by atoms with E-state index in [0.717, 1.165) is 24.3 Å². The first-order chi connectivity index (χ1) is 16.0. The number of aromatic nitrogens is 1. The van der Waals surface area contributed by atoms with Crippen molar-refractivity contribution in [1.29, 1.82) is 0 Å². The van der Waals surface area contributed by atoms with Crippen molar-refractivity contribution in [3.8, 4) is 5.88 Å². The molecule has 176 valence electrons. The lowest BCUT2D eigenvalue weighted by molar-refractivity contribution is -0.137. The summed E-state index contributed by atoms with van der Waals surface area (Å²) in [5, 5.41) is 4.73. The van der Waals surface area contributed by atoms with Crippen molar-refractivity contribution >= 4 is 40.3 Å². The Kier molecular flexibility index (Phi) is 6.98. The quantitative estimate of drug-likeness (QED) is 0.295. The van der Waals surface area contributed by atoms with E-state index in [9.17, 15) is 18.0 Å². The highest BCUT2D eigenvalue weighted by atomic mass is 35.5. The van der Waals surface area contributed by atoms with Gasteiger partial charge in [0, 0.05) is 17.4 Å². The fourth-order valence-electron chi connectivity index (χ4n) is 3.11. The molecule has 2 aromatic carbocycles. The summed E-state index contributed by atoms with van der Waals surface area (Å²) in [5.74, 6) is -1.75. The minimum Gasteiger partial charge on any atom is -0.481 e. The summed E-state index contributed by atoms with van der Waals surface area (Å²) >= 11 is 5.94. The van der Waals surface area contributed by atoms with Crippen molar-refractivity contribution < 1.29 is 27.1 Å². The molecule has 3 rings (SSSR count). The average Bonchev–Trinajstić information content (AvgIpc) is 2.78. The number of pyridine rings is 1. The van der Waals surface area contributed by atoms with Crippen LogP contribution in [0.3, 0.4) is 0 Å². The molecular weight excluding hydrogens is 476 g/mol. The Morgan fingerprint density at radius 1 is 1.12 bits per heavy atom. The van der Waals surface area contributed by atoms with Gasteiger partial charge in [0.1, 0.15) is 5.82 Å². The lowest BCUT2D eigenvalue weighted by Crippen LogP contribution is -2.17. The third kappa shape index (κ3) is 5.05. The number of alkyl halides is 3. The molecule has 3 aromatic rings. The number of hydrogen-bond acceptors (Lipinski definition) is 4. The van der Waals surface area contributed by atoms with Crippen LogP contribution in [0.2, 0.25) is 5.02 Å². The molecule has 2 N–H and O–H groups in total. The number of methoxy groups -OCH3 is 1. The summed E-state index contributed by atoms with van der Waals surface area (Å²) < 4.78 is 59.1. The topological polar surface area (TPSA) is 67.6 Å². The number of aryl methyl sites for hydroxylation is 2. The summed E-state index contributed by atoms with van der Waals surface area (Å²) in [5.41, 5.74) is -0.764. The second-order valence-electron chi connectivity index (χ2n) is 7.15. The van der Waals surface area contributed by atoms with Crippen LogP contribution in [-0.2, 0) is 6.18 Å². The van der Waals surface area contributed by atoms with E-state index >= 15 is 4.39 Å². The van der Waals surface area contributed by atoms with Crippen molar-refractivity contribution in [2.24, 2.45) is 0 Å². The maximum Gasteiger partial charge on any atom is 0.416 e. The molecule has 0 aliphatic carbocycles. The number of ether oxygens (including phenoxy) is 1. The van der Waals surface area contributed by atoms with Crippen molar-refractivity contribution in [2.45, 2.75) is 20.0 Å². The summed E-state index contributed by atoms with van der Waals surface area (Å²) in [6.45, 7) is 10.2. The van der Waals surface area contributed by atoms with Crippen molar-refractivity contribution in [3.05, 3.63) is 81.0 Å². The van der Waals surface area contributed by atoms with Gasteiger partial charge in [-0.25, -0.2) is 14.2 Å². The number of rotatable bonds is 5. The van der Waals surface area contributed by atoms with Gasteiger partial charge in [-0.3, -0.25) is 4.79 Å². The van der Waals surface area contributed by atoms with Gasteiger partial charge in [0.05, 0.1) is 41.2 Å². The predicted molar refractivity (Wildman–Crippen MR) is 121 cm³/mol. The first-order valence-corrected chi connectivity index (χ1v) is 10.0. The fourth-order valence-corrected chi connectivity index (χ4v) is 3.30. The van der Waals surface area contributed by atoms with Gasteiger partial charge in [0.15, 0.2) is 0 Å². The highest BCUT2D eigenvalue weighted by Crippen LogP contribution is 2.38. The molecule has 11 heteroatoms. The molecule has 0 unspecified atom stereocenters. The summed E-state index contributed by atoms with van der Waals surface area (Å²) in [6, 6.07) is 7.09. The molecule has 1 amide bonds. The minimum atomic E-state index is -4.54. The first-order valence-electron chi connectivity index (χ1n) is 9.63. The van der Waals surface area contributed by atoms with E-state index in [4.69, 9.17) is 22.9 Å². The Labute approximate surface area is 197 Å². The van der Waals surface area contributed by atoms with Crippen molar-refractivity contribution in [3.63, 3.8) is 0 Å². The van der Waals surface area contributed by atoms with E-state index in [0.29, 0.717) is 11.6 Å². The second kappa shape index (κ2) is 9.57. The third-order valence-corrected chi connectivity index (χ3v) is 5.24. The van der Waals surface area contributed by atoms with E-state index in [1.165, 1.54) is 26.2 Å². The van der Waals surface area contributed by atoms with Crippen LogP contribution in [-0.4, -0.2) is 18.0 Å². The van der Waals surface area contributed by atoms with Crippen LogP contribution < -0.4 is 15.4 Å². The van der Waals surface area contributed by atoms with E-state index in [1.54, 1.807) is 6.92 Å². The van der Waals surface area contributed by atoms with Crippen LogP contribution in [0.5, 0.6) is 5.88 Å². The SMILES string of the molecule is [C-]#[N+]c1cc(Nc2ccc(C(F)(F)F)cc2C)c(C(=O)Nc2ccc(OC)nc2C)c(F)c1Cl. The fraction of sp³-hybridized carbons (Fsp3) is 0.174. The van der Waals surface area contributed by atoms with Gasteiger partial charge in [0.25, 0.3) is 5.91 Å². The number of benzene rings is 2. The Hall–Kier alpha value is -3.84. The second-order valence-corrected chi connectivity index (χ2v) is 7.53. The highest BCUT2D eigenvalue weighted by Gasteiger charge is 2.31. The van der Waals surface area contributed by atoms with E-state index in [-0.39, 0.29) is 28.3 Å². The minimum absolute atomic E-state index is 0.146. The number of nitrogens with one attached hydrogen (secondary N) is 2. The summed E-state index contributed by atoms with van der Waals surface area (Å²) in [6.07, 6.45) is -4.54. The number of hydrogen-bond donors (Lipinski definition) is 2. The van der Waals surface area contributed by atoms with Crippen LogP contribution in [0.25, 0.3) is 4.85 Å². The molecule has 0 bridgehead atoms. The van der Waals surface area contributed by atoms with Crippen LogP contribution in [0.15, 0.2) is 36.4 Å². The molecule has 0 radical (unpaired) electrons. The summed E-state index contributed by atoms with van der Waals surface area (Å²) in [4.78, 5) is 20.3. The number of anilines is 3. The van der Waals surface area contributed by atoms with E-state index < -0.39 is 34.1 Å². The number of halogens is 5. The zero-order valence-corrected chi connectivity index (χ0v) is 18.8. The molecule has 0 saturated carbocycles. The molecule has 0 spiro atoms. The van der Waals surface area contributed by atoms with Gasteiger partial charge in [0.2, 0.25) is 11.6 Å². The molecule has 1 heterocycles. The highest BCUT2D eigenvalue weighted by molar-refractivity contribution is 6.34. The molecule has 0 saturated heterocycles. The van der Waals surface area contributed by atoms with Gasteiger partial charge >= 0.3 is 6.18 Å². The largest absolute Gasteiger partial charge is 0.481 e. The summed E-state index contributed by atoms with van der Waals surface area (Å²) in [7, 11) is 1.43. The average molecular weight is 493 g/mol. The van der Waals surface area contributed by atoms with Crippen LogP contribution in [0.1, 0.15) is 27.2 Å². The molecule has 0 fully saturated rings. The normalized spacial score (nSPS) is 11.0. The standard InChI is InChI=1S/C23H17ClF4N4O2/c1-11-9-13(23(26,27)28)5-6-14(11)31-16-10-17(29-3)20(24)21(25)19(16)22(33)32-15-7-8-18(34-4)30-12(15)2/h5-10,31H,1-2,4H3,(H,32,33). The molecule has 1 aromatic heterocycles. The van der Waals surface area contributed by atoms with Gasteiger partial charge in [-0.15, -0.1) is 0 Å². The van der Waals surface area contributed by atoms with Crippen LogP contribution >= 0.6 is 11.6 Å². The van der Waals surface area contributed by atoms with Gasteiger partial charge in [-0.05, 0) is 49.7 Å². The monoisotopic (exact) mass is 492 g/mol. The van der Waals surface area contributed by atoms with Gasteiger partial charge < -0.3 is 15.4 Å². The zero-order chi connectivity index (χ0) is 25.2. The Morgan fingerprint density at radius 3 is 2.35 bits per heavy atom. The lowest BCUT2D eigenvalue weighted by atomic mass is 10.1. The van der Waals surface area contributed by atoms with E-state index in [1.807, 2.05) is 0 Å². The number of carbonyl (C=O) groups excluding carboxylic acids is 1. The Bertz CT molecular complexity index is 1320. The molecular formula is C23H17ClF4N4O2. The van der Waals surface area contributed by atoms with Crippen molar-refractivity contribution in [1.82, 2.24) is 4.98 Å². The third-order valence-electron chi connectivity index (χ3n) is 4.88. The molecule has 6 nitrogen and oxygen atoms in total. The smallest absolute Gasteiger partial charge is 0.416 e. The maximum absolute atomic E-state index is 15.1. The van der Waals surface area contributed by atoms with Crippen LogP contribution in [0, 0.1) is 26.2 Å². The molecule has 34 heavy (non-hydrogen) atoms. The number of nitrogens with zero attached hydrogens (tertiary/aromatic N) is 2. The Morgan fingerprint density at radius 2 is 1.79 bits per heavy atom. The molecule has 0 atom stereocenters. The first kappa shape index (κ1) is 24.8. The molecule has 0 aliphatic heterocycles. The predicted octanol–water partition coefficient (Wildman–Crippen LogP) is 7.07. The molecule has 0 aliphatic rings. The lowest BCUT2D eigenvalue weighted by Gasteiger charge is -2.18. The number of amides is 1. The Balaban J connectivity index is 2.05.